The quantitative estimate of drug-likeness (QED) is 0.296. The monoisotopic (exact) mass is 443 g/mol. The molecule has 0 bridgehead atoms. The van der Waals surface area contributed by atoms with E-state index in [1.807, 2.05) is 46.4 Å². The number of rotatable bonds is 6. The highest BCUT2D eigenvalue weighted by Gasteiger charge is 2.06. The molecular weight excluding hydrogens is 414 g/mol. The van der Waals surface area contributed by atoms with E-state index in [4.69, 9.17) is 0 Å². The summed E-state index contributed by atoms with van der Waals surface area (Å²) in [5, 5.41) is 11.9. The van der Waals surface area contributed by atoms with Crippen LogP contribution in [-0.4, -0.2) is 28.2 Å². The molecule has 0 spiro atoms. The van der Waals surface area contributed by atoms with Crippen LogP contribution in [0.1, 0.15) is 27.8 Å². The van der Waals surface area contributed by atoms with Crippen molar-refractivity contribution in [2.45, 2.75) is 0 Å². The van der Waals surface area contributed by atoms with Gasteiger partial charge in [0.15, 0.2) is 0 Å². The van der Waals surface area contributed by atoms with Gasteiger partial charge in [0.25, 0.3) is 0 Å². The molecule has 3 nitrogen and oxygen atoms in total. The van der Waals surface area contributed by atoms with Crippen LogP contribution in [0, 0.1) is 11.3 Å². The van der Waals surface area contributed by atoms with E-state index < -0.39 is 0 Å². The second kappa shape index (κ2) is 10.1. The second-order valence-corrected chi connectivity index (χ2v) is 8.76. The van der Waals surface area contributed by atoms with Gasteiger partial charge < -0.3 is 9.80 Å². The molecule has 0 aliphatic heterocycles. The fourth-order valence-corrected chi connectivity index (χ4v) is 3.88. The van der Waals surface area contributed by atoms with E-state index in [-0.39, 0.29) is 0 Å². The molecule has 0 aliphatic rings. The first-order valence-corrected chi connectivity index (χ1v) is 11.3. The Kier molecular flexibility index (Phi) is 6.80. The van der Waals surface area contributed by atoms with E-state index in [9.17, 15) is 5.26 Å². The van der Waals surface area contributed by atoms with Crippen molar-refractivity contribution in [2.75, 3.05) is 38.0 Å². The van der Waals surface area contributed by atoms with Crippen LogP contribution in [0.4, 0.5) is 11.4 Å². The van der Waals surface area contributed by atoms with Crippen LogP contribution in [0.25, 0.3) is 35.1 Å². The number of fused-ring (bicyclic) bond motifs is 1. The zero-order valence-electron chi connectivity index (χ0n) is 20.2. The molecule has 0 aliphatic carbocycles. The molecule has 0 saturated carbocycles. The van der Waals surface area contributed by atoms with Crippen molar-refractivity contribution in [3.8, 4) is 6.07 Å². The van der Waals surface area contributed by atoms with Crippen LogP contribution in [0.2, 0.25) is 0 Å². The van der Waals surface area contributed by atoms with E-state index in [1.54, 1.807) is 0 Å². The lowest BCUT2D eigenvalue weighted by atomic mass is 9.97. The maximum atomic E-state index is 9.89. The minimum atomic E-state index is 0.702. The van der Waals surface area contributed by atoms with Gasteiger partial charge in [0.1, 0.15) is 6.07 Å². The Morgan fingerprint density at radius 3 is 1.62 bits per heavy atom. The van der Waals surface area contributed by atoms with Gasteiger partial charge in [-0.1, -0.05) is 72.8 Å². The van der Waals surface area contributed by atoms with Gasteiger partial charge in [0.2, 0.25) is 0 Å². The first-order valence-electron chi connectivity index (χ1n) is 11.3. The molecule has 4 rings (SSSR count). The molecule has 0 heterocycles. The van der Waals surface area contributed by atoms with Gasteiger partial charge in [-0.05, 0) is 58.0 Å². The van der Waals surface area contributed by atoms with Crippen LogP contribution < -0.4 is 9.80 Å². The maximum absolute atomic E-state index is 9.89. The molecule has 0 radical (unpaired) electrons. The molecule has 168 valence electrons. The topological polar surface area (TPSA) is 30.3 Å². The minimum absolute atomic E-state index is 0.702. The summed E-state index contributed by atoms with van der Waals surface area (Å²) in [6.07, 6.45) is 8.31. The van der Waals surface area contributed by atoms with Crippen LogP contribution >= 0.6 is 0 Å². The highest BCUT2D eigenvalue weighted by molar-refractivity contribution is 5.94. The average Bonchev–Trinajstić information content (AvgIpc) is 2.86. The summed E-state index contributed by atoms with van der Waals surface area (Å²) in [6, 6.07) is 29.6. The molecule has 0 amide bonds. The highest BCUT2D eigenvalue weighted by atomic mass is 15.1. The summed E-state index contributed by atoms with van der Waals surface area (Å²) < 4.78 is 0. The molecule has 0 unspecified atom stereocenters. The Morgan fingerprint density at radius 1 is 0.588 bits per heavy atom. The van der Waals surface area contributed by atoms with Gasteiger partial charge in [-0.25, -0.2) is 0 Å². The molecule has 0 saturated heterocycles. The molecular formula is C31H29N3. The maximum Gasteiger partial charge on any atom is 0.100 e. The summed E-state index contributed by atoms with van der Waals surface area (Å²) in [6.45, 7) is 0. The van der Waals surface area contributed by atoms with E-state index in [0.717, 1.165) is 38.7 Å². The van der Waals surface area contributed by atoms with Gasteiger partial charge in [-0.15, -0.1) is 0 Å². The van der Waals surface area contributed by atoms with Crippen LogP contribution in [0.3, 0.4) is 0 Å². The first kappa shape index (κ1) is 22.9. The van der Waals surface area contributed by atoms with Gasteiger partial charge in [-0.2, -0.15) is 5.26 Å². The summed E-state index contributed by atoms with van der Waals surface area (Å²) in [5.41, 5.74) is 7.34. The van der Waals surface area contributed by atoms with E-state index in [2.05, 4.69) is 101 Å². The molecule has 0 fully saturated rings. The number of nitriles is 1. The third-order valence-electron chi connectivity index (χ3n) is 5.93. The smallest absolute Gasteiger partial charge is 0.100 e. The lowest BCUT2D eigenvalue weighted by Gasteiger charge is -2.11. The Balaban J connectivity index is 1.57. The largest absolute Gasteiger partial charge is 0.378 e. The van der Waals surface area contributed by atoms with Gasteiger partial charge >= 0.3 is 0 Å². The van der Waals surface area contributed by atoms with Gasteiger partial charge in [0.05, 0.1) is 5.56 Å². The third kappa shape index (κ3) is 5.19. The summed E-state index contributed by atoms with van der Waals surface area (Å²) in [7, 11) is 8.14. The number of nitrogens with zero attached hydrogens (tertiary/aromatic N) is 3. The molecule has 0 N–H and O–H groups in total. The first-order chi connectivity index (χ1) is 16.4. The van der Waals surface area contributed by atoms with Crippen molar-refractivity contribution in [1.82, 2.24) is 0 Å². The zero-order chi connectivity index (χ0) is 24.1. The van der Waals surface area contributed by atoms with Crippen molar-refractivity contribution in [1.29, 1.82) is 5.26 Å². The second-order valence-electron chi connectivity index (χ2n) is 8.76. The van der Waals surface area contributed by atoms with Crippen molar-refractivity contribution in [3.05, 3.63) is 107 Å². The van der Waals surface area contributed by atoms with Gasteiger partial charge in [0, 0.05) is 45.0 Å². The number of hydrogen-bond acceptors (Lipinski definition) is 3. The Morgan fingerprint density at radius 2 is 1.09 bits per heavy atom. The van der Waals surface area contributed by atoms with Crippen molar-refractivity contribution in [2.24, 2.45) is 0 Å². The third-order valence-corrected chi connectivity index (χ3v) is 5.93. The van der Waals surface area contributed by atoms with E-state index in [1.165, 1.54) is 5.69 Å². The Labute approximate surface area is 202 Å². The van der Waals surface area contributed by atoms with E-state index in [0.29, 0.717) is 5.56 Å². The summed E-state index contributed by atoms with van der Waals surface area (Å²) in [5.74, 6) is 0. The highest BCUT2D eigenvalue weighted by Crippen LogP contribution is 2.26. The Bertz CT molecular complexity index is 1380. The fourth-order valence-electron chi connectivity index (χ4n) is 3.88. The standard InChI is InChI=1S/C31H29N3/c1-33(2)28-16-8-23(9-17-28)5-6-25-12-20-30-27(21-25)15-14-26(31(30)22-32)13-7-24-10-18-29(19-11-24)34(3)4/h5-21H,1-4H3/b6-5+,13-7+. The zero-order valence-corrected chi connectivity index (χ0v) is 20.2. The van der Waals surface area contributed by atoms with Crippen LogP contribution in [0.5, 0.6) is 0 Å². The molecule has 0 atom stereocenters. The number of benzene rings is 4. The van der Waals surface area contributed by atoms with Crippen molar-refractivity contribution in [3.63, 3.8) is 0 Å². The molecule has 4 aromatic carbocycles. The predicted octanol–water partition coefficient (Wildman–Crippen LogP) is 7.18. The number of anilines is 2. The van der Waals surface area contributed by atoms with Crippen molar-refractivity contribution >= 4 is 46.5 Å². The Hall–Kier alpha value is -4.29. The average molecular weight is 444 g/mol. The summed E-state index contributed by atoms with van der Waals surface area (Å²) in [4.78, 5) is 4.17. The SMILES string of the molecule is CN(C)c1ccc(/C=C/c2ccc3c(C#N)c(/C=C/c4ccc(N(C)C)cc4)ccc3c2)cc1. The molecule has 34 heavy (non-hydrogen) atoms. The normalized spacial score (nSPS) is 11.3. The number of hydrogen-bond donors (Lipinski definition) is 0. The molecule has 4 aromatic rings. The van der Waals surface area contributed by atoms with Gasteiger partial charge in [-0.3, -0.25) is 0 Å². The predicted molar refractivity (Wildman–Crippen MR) is 148 cm³/mol. The lowest BCUT2D eigenvalue weighted by Crippen LogP contribution is -2.07. The minimum Gasteiger partial charge on any atom is -0.378 e. The molecule has 0 aromatic heterocycles. The van der Waals surface area contributed by atoms with Crippen LogP contribution in [0.15, 0.2) is 78.9 Å². The van der Waals surface area contributed by atoms with Crippen LogP contribution in [-0.2, 0) is 0 Å². The van der Waals surface area contributed by atoms with E-state index >= 15 is 0 Å². The summed E-state index contributed by atoms with van der Waals surface area (Å²) >= 11 is 0. The molecule has 3 heteroatoms. The van der Waals surface area contributed by atoms with Crippen molar-refractivity contribution < 1.29 is 0 Å². The fraction of sp³-hybridized carbons (Fsp3) is 0.129. The lowest BCUT2D eigenvalue weighted by molar-refractivity contribution is 1.13.